The second-order valence-electron chi connectivity index (χ2n) is 6.33. The number of aryl methyl sites for hydroxylation is 2. The molecule has 0 spiro atoms. The van der Waals surface area contributed by atoms with E-state index in [0.29, 0.717) is 35.5 Å². The summed E-state index contributed by atoms with van der Waals surface area (Å²) in [6, 6.07) is 4.92. The fraction of sp³-hybridized carbons (Fsp3) is 0.381. The molecule has 6 nitrogen and oxygen atoms in total. The van der Waals surface area contributed by atoms with Crippen LogP contribution in [0.15, 0.2) is 30.9 Å². The number of benzene rings is 1. The lowest BCUT2D eigenvalue weighted by Gasteiger charge is -2.19. The molecule has 3 rings (SSSR count). The number of amides is 1. The van der Waals surface area contributed by atoms with Crippen molar-refractivity contribution in [2.75, 3.05) is 24.7 Å². The van der Waals surface area contributed by atoms with Crippen LogP contribution in [0.3, 0.4) is 0 Å². The number of hydrogen-bond donors (Lipinski definition) is 0. The third-order valence-corrected chi connectivity index (χ3v) is 5.57. The summed E-state index contributed by atoms with van der Waals surface area (Å²) in [5.41, 5.74) is 1.58. The molecule has 0 saturated heterocycles. The molecule has 1 aliphatic rings. The average molecular weight is 398 g/mol. The lowest BCUT2D eigenvalue weighted by atomic mass is 10.0. The van der Waals surface area contributed by atoms with Gasteiger partial charge in [0.15, 0.2) is 28.9 Å². The Bertz CT molecular complexity index is 877. The highest BCUT2D eigenvalue weighted by Gasteiger charge is 2.23. The van der Waals surface area contributed by atoms with Crippen molar-refractivity contribution in [2.24, 2.45) is 0 Å². The van der Waals surface area contributed by atoms with Crippen LogP contribution in [-0.2, 0) is 17.6 Å². The molecule has 1 aliphatic carbocycles. The molecule has 1 aromatic carbocycles. The molecule has 0 bridgehead atoms. The second-order valence-corrected chi connectivity index (χ2v) is 7.39. The van der Waals surface area contributed by atoms with Crippen molar-refractivity contribution in [1.82, 2.24) is 4.98 Å². The van der Waals surface area contributed by atoms with Gasteiger partial charge in [-0.3, -0.25) is 9.69 Å². The van der Waals surface area contributed by atoms with Crippen molar-refractivity contribution in [1.29, 1.82) is 0 Å². The lowest BCUT2D eigenvalue weighted by Crippen LogP contribution is -2.35. The molecule has 146 valence electrons. The zero-order chi connectivity index (χ0) is 19.9. The van der Waals surface area contributed by atoms with Gasteiger partial charge in [-0.1, -0.05) is 12.1 Å². The fourth-order valence-corrected chi connectivity index (χ4v) is 4.22. The van der Waals surface area contributed by atoms with Gasteiger partial charge in [0.1, 0.15) is 0 Å². The van der Waals surface area contributed by atoms with Crippen LogP contribution in [0.5, 0.6) is 11.5 Å². The minimum absolute atomic E-state index is 0.143. The van der Waals surface area contributed by atoms with Crippen molar-refractivity contribution < 1.29 is 14.3 Å². The monoisotopic (exact) mass is 397 g/mol. The molecule has 28 heavy (non-hydrogen) atoms. The number of hydrogen-bond acceptors (Lipinski definition) is 5. The summed E-state index contributed by atoms with van der Waals surface area (Å²) in [6.45, 7) is 13.4. The Morgan fingerprint density at radius 3 is 2.89 bits per heavy atom. The van der Waals surface area contributed by atoms with E-state index in [4.69, 9.17) is 16.0 Å². The largest absolute Gasteiger partial charge is 0.491 e. The Labute approximate surface area is 169 Å². The van der Waals surface area contributed by atoms with Crippen molar-refractivity contribution >= 4 is 28.1 Å². The third-order valence-electron chi connectivity index (χ3n) is 4.39. The van der Waals surface area contributed by atoms with Crippen LogP contribution in [0.2, 0.25) is 0 Å². The van der Waals surface area contributed by atoms with Crippen LogP contribution < -0.4 is 14.4 Å². The summed E-state index contributed by atoms with van der Waals surface area (Å²) in [6.07, 6.45) is 6.02. The van der Waals surface area contributed by atoms with Gasteiger partial charge in [0.05, 0.1) is 18.9 Å². The van der Waals surface area contributed by atoms with E-state index < -0.39 is 0 Å². The van der Waals surface area contributed by atoms with Crippen LogP contribution in [-0.4, -0.2) is 30.6 Å². The first-order chi connectivity index (χ1) is 13.7. The summed E-state index contributed by atoms with van der Waals surface area (Å²) in [4.78, 5) is 23.8. The molecule has 1 heterocycles. The van der Waals surface area contributed by atoms with Crippen LogP contribution in [0.1, 0.15) is 30.3 Å². The number of carbonyl (C=O) groups is 1. The molecule has 7 heteroatoms. The zero-order valence-electron chi connectivity index (χ0n) is 15.9. The number of carbonyl (C=O) groups excluding carboxylic acids is 1. The number of nitrogens with zero attached hydrogens (tertiary/aromatic N) is 3. The van der Waals surface area contributed by atoms with Crippen LogP contribution in [0.4, 0.5) is 10.8 Å². The fourth-order valence-electron chi connectivity index (χ4n) is 3.04. The quantitative estimate of drug-likeness (QED) is 0.484. The van der Waals surface area contributed by atoms with Gasteiger partial charge in [0, 0.05) is 11.4 Å². The van der Waals surface area contributed by atoms with E-state index in [1.54, 1.807) is 40.5 Å². The van der Waals surface area contributed by atoms with Crippen molar-refractivity contribution in [3.05, 3.63) is 52.8 Å². The maximum absolute atomic E-state index is 12.8. The lowest BCUT2D eigenvalue weighted by molar-refractivity contribution is -0.120. The van der Waals surface area contributed by atoms with Crippen molar-refractivity contribution in [2.45, 2.75) is 32.6 Å². The molecule has 0 N–H and O–H groups in total. The van der Waals surface area contributed by atoms with E-state index >= 15 is 0 Å². The molecule has 0 fully saturated rings. The molecule has 1 amide bonds. The average Bonchev–Trinajstić information content (AvgIpc) is 3.14. The number of thiazole rings is 1. The Morgan fingerprint density at radius 1 is 1.36 bits per heavy atom. The minimum atomic E-state index is -0.192. The zero-order valence-corrected chi connectivity index (χ0v) is 16.8. The standard InChI is InChI=1S/C21H23N3O3S/c1-4-12-24(21-23-16-8-6-7-9-19(16)28-21)20(25)14-27-17-11-10-15(22-3)13-18(17)26-5-2/h4,10-11,13H,1,5-9,12,14H2,2H3. The first-order valence-corrected chi connectivity index (χ1v) is 10.1. The predicted molar refractivity (Wildman–Crippen MR) is 111 cm³/mol. The number of ether oxygens (including phenoxy) is 2. The van der Waals surface area contributed by atoms with Gasteiger partial charge in [-0.2, -0.15) is 0 Å². The van der Waals surface area contributed by atoms with Gasteiger partial charge >= 0.3 is 0 Å². The summed E-state index contributed by atoms with van der Waals surface area (Å²) in [7, 11) is 0. The Kier molecular flexibility index (Phi) is 6.66. The molecular formula is C21H23N3O3S. The predicted octanol–water partition coefficient (Wildman–Crippen LogP) is 4.57. The minimum Gasteiger partial charge on any atom is -0.491 e. The normalized spacial score (nSPS) is 12.6. The van der Waals surface area contributed by atoms with Crippen molar-refractivity contribution in [3.63, 3.8) is 0 Å². The Balaban J connectivity index is 1.74. The molecule has 1 aromatic heterocycles. The highest BCUT2D eigenvalue weighted by molar-refractivity contribution is 7.16. The van der Waals surface area contributed by atoms with E-state index in [9.17, 15) is 4.79 Å². The van der Waals surface area contributed by atoms with E-state index in [1.807, 2.05) is 6.92 Å². The molecular weight excluding hydrogens is 374 g/mol. The first-order valence-electron chi connectivity index (χ1n) is 9.33. The Hall–Kier alpha value is -2.85. The molecule has 0 radical (unpaired) electrons. The van der Waals surface area contributed by atoms with Gasteiger partial charge in [-0.25, -0.2) is 9.83 Å². The van der Waals surface area contributed by atoms with E-state index in [-0.39, 0.29) is 12.5 Å². The van der Waals surface area contributed by atoms with E-state index in [1.165, 1.54) is 11.3 Å². The topological polar surface area (TPSA) is 56.0 Å². The van der Waals surface area contributed by atoms with Gasteiger partial charge in [-0.05, 0) is 44.7 Å². The summed E-state index contributed by atoms with van der Waals surface area (Å²) in [5, 5.41) is 0.703. The maximum atomic E-state index is 12.8. The van der Waals surface area contributed by atoms with Gasteiger partial charge in [-0.15, -0.1) is 17.9 Å². The van der Waals surface area contributed by atoms with E-state index in [0.717, 1.165) is 25.0 Å². The molecule has 0 atom stereocenters. The SMILES string of the molecule is [C-]#[N+]c1ccc(OCC(=O)N(CC=C)c2nc3c(s2)CCCC3)c(OCC)c1. The van der Waals surface area contributed by atoms with E-state index in [2.05, 4.69) is 16.4 Å². The summed E-state index contributed by atoms with van der Waals surface area (Å²) < 4.78 is 11.3. The van der Waals surface area contributed by atoms with Crippen LogP contribution in [0.25, 0.3) is 4.85 Å². The summed E-state index contributed by atoms with van der Waals surface area (Å²) >= 11 is 1.58. The van der Waals surface area contributed by atoms with Crippen LogP contribution in [0, 0.1) is 6.57 Å². The maximum Gasteiger partial charge on any atom is 0.266 e. The highest BCUT2D eigenvalue weighted by atomic mass is 32.1. The van der Waals surface area contributed by atoms with Gasteiger partial charge in [0.25, 0.3) is 5.91 Å². The van der Waals surface area contributed by atoms with Crippen LogP contribution >= 0.6 is 11.3 Å². The molecule has 2 aromatic rings. The first kappa shape index (κ1) is 19.9. The van der Waals surface area contributed by atoms with Gasteiger partial charge in [0.2, 0.25) is 0 Å². The highest BCUT2D eigenvalue weighted by Crippen LogP contribution is 2.33. The summed E-state index contributed by atoms with van der Waals surface area (Å²) in [5.74, 6) is 0.714. The molecule has 0 saturated carbocycles. The molecule has 0 aliphatic heterocycles. The number of aromatic nitrogens is 1. The number of anilines is 1. The van der Waals surface area contributed by atoms with Crippen molar-refractivity contribution in [3.8, 4) is 11.5 Å². The number of rotatable bonds is 8. The van der Waals surface area contributed by atoms with Gasteiger partial charge < -0.3 is 9.47 Å². The second kappa shape index (κ2) is 9.38. The molecule has 0 unspecified atom stereocenters. The third kappa shape index (κ3) is 4.52. The Morgan fingerprint density at radius 2 is 2.18 bits per heavy atom. The number of fused-ring (bicyclic) bond motifs is 1. The smallest absolute Gasteiger partial charge is 0.266 e.